The second kappa shape index (κ2) is 2.78. The lowest BCUT2D eigenvalue weighted by molar-refractivity contribution is 0.0958. The van der Waals surface area contributed by atoms with Crippen molar-refractivity contribution >= 4 is 0 Å². The average Bonchev–Trinajstić information content (AvgIpc) is 2.11. The normalized spacial score (nSPS) is 39.5. The SMILES string of the molecule is C[C@H]1[C@H](C(C)(C)C)CC[C@@H]1O. The second-order valence-electron chi connectivity index (χ2n) is 4.98. The van der Waals surface area contributed by atoms with Crippen LogP contribution in [0.4, 0.5) is 0 Å². The molecule has 0 aromatic carbocycles. The van der Waals surface area contributed by atoms with Crippen LogP contribution >= 0.6 is 0 Å². The molecule has 1 heteroatoms. The van der Waals surface area contributed by atoms with Gasteiger partial charge in [0.1, 0.15) is 0 Å². The standard InChI is InChI=1S/C10H20O/c1-7-8(10(2,3)4)5-6-9(7)11/h7-9,11H,5-6H2,1-4H3/t7-,8+,9-/m0/s1. The van der Waals surface area contributed by atoms with E-state index in [1.165, 1.54) is 6.42 Å². The Morgan fingerprint density at radius 3 is 1.91 bits per heavy atom. The van der Waals surface area contributed by atoms with Crippen LogP contribution in [0.1, 0.15) is 40.5 Å². The Morgan fingerprint density at radius 2 is 1.73 bits per heavy atom. The molecule has 0 saturated heterocycles. The van der Waals surface area contributed by atoms with Crippen LogP contribution in [0.5, 0.6) is 0 Å². The van der Waals surface area contributed by atoms with Gasteiger partial charge in [0, 0.05) is 0 Å². The summed E-state index contributed by atoms with van der Waals surface area (Å²) in [6.07, 6.45) is 2.16. The van der Waals surface area contributed by atoms with Gasteiger partial charge in [0.05, 0.1) is 6.10 Å². The molecule has 0 radical (unpaired) electrons. The lowest BCUT2D eigenvalue weighted by Crippen LogP contribution is -2.26. The maximum atomic E-state index is 9.53. The Morgan fingerprint density at radius 1 is 1.18 bits per heavy atom. The zero-order valence-corrected chi connectivity index (χ0v) is 8.09. The van der Waals surface area contributed by atoms with Crippen LogP contribution in [-0.4, -0.2) is 11.2 Å². The van der Waals surface area contributed by atoms with Crippen molar-refractivity contribution in [3.8, 4) is 0 Å². The van der Waals surface area contributed by atoms with Crippen LogP contribution in [0.2, 0.25) is 0 Å². The largest absolute Gasteiger partial charge is 0.393 e. The minimum absolute atomic E-state index is 0.0424. The molecule has 1 rings (SSSR count). The zero-order chi connectivity index (χ0) is 8.65. The molecule has 1 fully saturated rings. The molecular formula is C10H20O. The summed E-state index contributed by atoms with van der Waals surface area (Å²) in [7, 11) is 0. The Balaban J connectivity index is 2.62. The molecule has 0 amide bonds. The van der Waals surface area contributed by atoms with E-state index in [1.54, 1.807) is 0 Å². The molecule has 0 heterocycles. The van der Waals surface area contributed by atoms with E-state index in [0.717, 1.165) is 6.42 Å². The van der Waals surface area contributed by atoms with E-state index < -0.39 is 0 Å². The summed E-state index contributed by atoms with van der Waals surface area (Å²) in [6.45, 7) is 8.98. The lowest BCUT2D eigenvalue weighted by Gasteiger charge is -2.31. The van der Waals surface area contributed by atoms with Gasteiger partial charge in [0.15, 0.2) is 0 Å². The van der Waals surface area contributed by atoms with E-state index in [9.17, 15) is 5.11 Å². The third-order valence-corrected chi connectivity index (χ3v) is 3.13. The fraction of sp³-hybridized carbons (Fsp3) is 1.00. The molecule has 1 aliphatic rings. The first kappa shape index (κ1) is 9.05. The van der Waals surface area contributed by atoms with Crippen molar-refractivity contribution in [1.29, 1.82) is 0 Å². The molecule has 0 spiro atoms. The number of rotatable bonds is 0. The molecule has 0 unspecified atom stereocenters. The first-order valence-electron chi connectivity index (χ1n) is 4.61. The van der Waals surface area contributed by atoms with Crippen molar-refractivity contribution in [2.45, 2.75) is 46.6 Å². The van der Waals surface area contributed by atoms with Crippen molar-refractivity contribution in [3.05, 3.63) is 0 Å². The van der Waals surface area contributed by atoms with Gasteiger partial charge in [-0.3, -0.25) is 0 Å². The van der Waals surface area contributed by atoms with Crippen molar-refractivity contribution in [3.63, 3.8) is 0 Å². The summed E-state index contributed by atoms with van der Waals surface area (Å²) in [4.78, 5) is 0. The molecule has 1 aliphatic carbocycles. The smallest absolute Gasteiger partial charge is 0.0568 e. The molecule has 11 heavy (non-hydrogen) atoms. The van der Waals surface area contributed by atoms with Gasteiger partial charge in [0.25, 0.3) is 0 Å². The van der Waals surface area contributed by atoms with E-state index in [4.69, 9.17) is 0 Å². The Labute approximate surface area is 69.8 Å². The monoisotopic (exact) mass is 156 g/mol. The fourth-order valence-electron chi connectivity index (χ4n) is 2.37. The molecule has 0 bridgehead atoms. The van der Waals surface area contributed by atoms with E-state index in [1.807, 2.05) is 0 Å². The van der Waals surface area contributed by atoms with Crippen LogP contribution in [0.25, 0.3) is 0 Å². The quantitative estimate of drug-likeness (QED) is 0.571. The predicted octanol–water partition coefficient (Wildman–Crippen LogP) is 2.44. The third kappa shape index (κ3) is 1.76. The molecule has 0 aromatic heterocycles. The Kier molecular flexibility index (Phi) is 2.29. The van der Waals surface area contributed by atoms with Gasteiger partial charge in [-0.25, -0.2) is 0 Å². The van der Waals surface area contributed by atoms with Crippen molar-refractivity contribution in [1.82, 2.24) is 0 Å². The second-order valence-corrected chi connectivity index (χ2v) is 4.98. The predicted molar refractivity (Wildman–Crippen MR) is 47.3 cm³/mol. The first-order chi connectivity index (χ1) is 4.93. The molecule has 0 aliphatic heterocycles. The van der Waals surface area contributed by atoms with Gasteiger partial charge in [-0.05, 0) is 30.1 Å². The van der Waals surface area contributed by atoms with Crippen molar-refractivity contribution in [2.75, 3.05) is 0 Å². The topological polar surface area (TPSA) is 20.2 Å². The summed E-state index contributed by atoms with van der Waals surface area (Å²) >= 11 is 0. The first-order valence-corrected chi connectivity index (χ1v) is 4.61. The van der Waals surface area contributed by atoms with Crippen LogP contribution < -0.4 is 0 Å². The summed E-state index contributed by atoms with van der Waals surface area (Å²) < 4.78 is 0. The minimum atomic E-state index is -0.0424. The van der Waals surface area contributed by atoms with Gasteiger partial charge in [-0.15, -0.1) is 0 Å². The van der Waals surface area contributed by atoms with E-state index in [0.29, 0.717) is 17.3 Å². The number of hydrogen-bond donors (Lipinski definition) is 1. The van der Waals surface area contributed by atoms with Crippen LogP contribution in [0, 0.1) is 17.3 Å². The average molecular weight is 156 g/mol. The molecule has 1 N–H and O–H groups in total. The summed E-state index contributed by atoms with van der Waals surface area (Å²) in [6, 6.07) is 0. The zero-order valence-electron chi connectivity index (χ0n) is 8.09. The maximum absolute atomic E-state index is 9.53. The van der Waals surface area contributed by atoms with Crippen LogP contribution in [-0.2, 0) is 0 Å². The minimum Gasteiger partial charge on any atom is -0.393 e. The molecular weight excluding hydrogens is 136 g/mol. The fourth-order valence-corrected chi connectivity index (χ4v) is 2.37. The highest BCUT2D eigenvalue weighted by Gasteiger charge is 2.38. The van der Waals surface area contributed by atoms with Crippen LogP contribution in [0.15, 0.2) is 0 Å². The van der Waals surface area contributed by atoms with E-state index in [-0.39, 0.29) is 6.10 Å². The van der Waals surface area contributed by atoms with Gasteiger partial charge in [-0.1, -0.05) is 27.7 Å². The highest BCUT2D eigenvalue weighted by Crippen LogP contribution is 2.43. The van der Waals surface area contributed by atoms with Gasteiger partial charge in [-0.2, -0.15) is 0 Å². The molecule has 0 aromatic rings. The lowest BCUT2D eigenvalue weighted by atomic mass is 9.75. The van der Waals surface area contributed by atoms with E-state index in [2.05, 4.69) is 27.7 Å². The molecule has 1 nitrogen and oxygen atoms in total. The highest BCUT2D eigenvalue weighted by molar-refractivity contribution is 4.88. The highest BCUT2D eigenvalue weighted by atomic mass is 16.3. The maximum Gasteiger partial charge on any atom is 0.0568 e. The van der Waals surface area contributed by atoms with Gasteiger partial charge >= 0.3 is 0 Å². The number of aliphatic hydroxyl groups is 1. The third-order valence-electron chi connectivity index (χ3n) is 3.13. The van der Waals surface area contributed by atoms with Gasteiger partial charge < -0.3 is 5.11 Å². The summed E-state index contributed by atoms with van der Waals surface area (Å²) in [5, 5.41) is 9.53. The number of hydrogen-bond acceptors (Lipinski definition) is 1. The van der Waals surface area contributed by atoms with E-state index >= 15 is 0 Å². The van der Waals surface area contributed by atoms with Gasteiger partial charge in [0.2, 0.25) is 0 Å². The molecule has 1 saturated carbocycles. The summed E-state index contributed by atoms with van der Waals surface area (Å²) in [5.41, 5.74) is 0.372. The summed E-state index contributed by atoms with van der Waals surface area (Å²) in [5.74, 6) is 1.20. The molecule has 3 atom stereocenters. The number of aliphatic hydroxyl groups excluding tert-OH is 1. The Bertz CT molecular complexity index is 134. The van der Waals surface area contributed by atoms with Crippen molar-refractivity contribution < 1.29 is 5.11 Å². The van der Waals surface area contributed by atoms with Crippen molar-refractivity contribution in [2.24, 2.45) is 17.3 Å². The van der Waals surface area contributed by atoms with Crippen LogP contribution in [0.3, 0.4) is 0 Å². The Hall–Kier alpha value is -0.0400. The molecule has 66 valence electrons.